The van der Waals surface area contributed by atoms with Crippen molar-refractivity contribution in [2.24, 2.45) is 0 Å². The molecule has 18 heavy (non-hydrogen) atoms. The Morgan fingerprint density at radius 2 is 2.00 bits per heavy atom. The van der Waals surface area contributed by atoms with Gasteiger partial charge in [0.2, 0.25) is 0 Å². The van der Waals surface area contributed by atoms with Crippen molar-refractivity contribution in [1.29, 1.82) is 0 Å². The van der Waals surface area contributed by atoms with E-state index in [4.69, 9.17) is 5.11 Å². The first-order valence-electron chi connectivity index (χ1n) is 6.40. The van der Waals surface area contributed by atoms with Crippen LogP contribution in [0.5, 0.6) is 0 Å². The number of aliphatic hydroxyl groups excluding tert-OH is 1. The van der Waals surface area contributed by atoms with Gasteiger partial charge in [0.15, 0.2) is 6.10 Å². The minimum atomic E-state index is -1.39. The lowest BCUT2D eigenvalue weighted by Gasteiger charge is -2.18. The van der Waals surface area contributed by atoms with Gasteiger partial charge in [-0.1, -0.05) is 24.6 Å². The molecule has 3 nitrogen and oxygen atoms in total. The lowest BCUT2D eigenvalue weighted by Crippen LogP contribution is -2.24. The molecule has 1 unspecified atom stereocenters. The second kappa shape index (κ2) is 6.16. The molecular weight excluding hydrogens is 244 g/mol. The third kappa shape index (κ3) is 3.00. The summed E-state index contributed by atoms with van der Waals surface area (Å²) in [5.74, 6) is -1.17. The SMILES string of the molecule is CCCCc1cc(C(O)C(=O)O)c([SiH3])c(C)c1C. The molecule has 0 aliphatic heterocycles. The summed E-state index contributed by atoms with van der Waals surface area (Å²) in [4.78, 5) is 10.9. The van der Waals surface area contributed by atoms with Gasteiger partial charge in [0, 0.05) is 10.2 Å². The molecule has 1 aromatic rings. The molecule has 0 bridgehead atoms. The van der Waals surface area contributed by atoms with Crippen LogP contribution in [0.25, 0.3) is 0 Å². The van der Waals surface area contributed by atoms with Gasteiger partial charge in [-0.3, -0.25) is 0 Å². The molecular formula is C14H22O3Si. The minimum absolute atomic E-state index is 0.586. The summed E-state index contributed by atoms with van der Waals surface area (Å²) in [5.41, 5.74) is 4.15. The van der Waals surface area contributed by atoms with Crippen molar-refractivity contribution in [1.82, 2.24) is 0 Å². The third-order valence-corrected chi connectivity index (χ3v) is 5.02. The summed E-state index contributed by atoms with van der Waals surface area (Å²) >= 11 is 0. The average Bonchev–Trinajstić information content (AvgIpc) is 2.34. The van der Waals surface area contributed by atoms with Crippen LogP contribution in [0.15, 0.2) is 6.07 Å². The van der Waals surface area contributed by atoms with Crippen molar-refractivity contribution >= 4 is 21.4 Å². The van der Waals surface area contributed by atoms with Gasteiger partial charge in [-0.15, -0.1) is 0 Å². The average molecular weight is 266 g/mol. The van der Waals surface area contributed by atoms with E-state index < -0.39 is 12.1 Å². The Morgan fingerprint density at radius 3 is 2.50 bits per heavy atom. The van der Waals surface area contributed by atoms with Crippen molar-refractivity contribution in [3.8, 4) is 0 Å². The molecule has 1 atom stereocenters. The van der Waals surface area contributed by atoms with E-state index in [0.29, 0.717) is 5.56 Å². The molecule has 0 saturated heterocycles. The van der Waals surface area contributed by atoms with Gasteiger partial charge in [0.1, 0.15) is 0 Å². The smallest absolute Gasteiger partial charge is 0.337 e. The Labute approximate surface area is 111 Å². The summed E-state index contributed by atoms with van der Waals surface area (Å²) in [5, 5.41) is 19.7. The van der Waals surface area contributed by atoms with Gasteiger partial charge in [-0.05, 0) is 48.9 Å². The van der Waals surface area contributed by atoms with Crippen LogP contribution in [-0.2, 0) is 11.2 Å². The van der Waals surface area contributed by atoms with Crippen molar-refractivity contribution in [3.05, 3.63) is 28.3 Å². The molecule has 4 heteroatoms. The Balaban J connectivity index is 3.26. The zero-order chi connectivity index (χ0) is 13.9. The van der Waals surface area contributed by atoms with Gasteiger partial charge < -0.3 is 10.2 Å². The van der Waals surface area contributed by atoms with E-state index in [1.807, 2.05) is 13.0 Å². The summed E-state index contributed by atoms with van der Waals surface area (Å²) in [7, 11) is 0.750. The third-order valence-electron chi connectivity index (χ3n) is 3.70. The molecule has 0 aliphatic carbocycles. The molecule has 0 radical (unpaired) electrons. The summed E-state index contributed by atoms with van der Waals surface area (Å²) in [6.07, 6.45) is 1.75. The highest BCUT2D eigenvalue weighted by Gasteiger charge is 2.20. The van der Waals surface area contributed by atoms with E-state index in [2.05, 4.69) is 13.8 Å². The van der Waals surface area contributed by atoms with Crippen LogP contribution in [0.2, 0.25) is 0 Å². The lowest BCUT2D eigenvalue weighted by atomic mass is 9.94. The molecule has 0 aliphatic rings. The van der Waals surface area contributed by atoms with Gasteiger partial charge in [-0.2, -0.15) is 0 Å². The number of unbranched alkanes of at least 4 members (excludes halogenated alkanes) is 1. The molecule has 1 rings (SSSR count). The van der Waals surface area contributed by atoms with Crippen LogP contribution in [0.1, 0.15) is 48.1 Å². The number of aliphatic carboxylic acids is 1. The van der Waals surface area contributed by atoms with E-state index >= 15 is 0 Å². The minimum Gasteiger partial charge on any atom is -0.479 e. The Bertz CT molecular complexity index is 455. The van der Waals surface area contributed by atoms with E-state index in [0.717, 1.165) is 40.3 Å². The summed E-state index contributed by atoms with van der Waals surface area (Å²) in [6, 6.07) is 1.89. The fourth-order valence-electron chi connectivity index (χ4n) is 2.19. The van der Waals surface area contributed by atoms with Crippen molar-refractivity contribution in [2.75, 3.05) is 0 Å². The number of rotatable bonds is 5. The fourth-order valence-corrected chi connectivity index (χ4v) is 2.98. The van der Waals surface area contributed by atoms with Crippen molar-refractivity contribution < 1.29 is 15.0 Å². The maximum Gasteiger partial charge on any atom is 0.337 e. The quantitative estimate of drug-likeness (QED) is 0.774. The van der Waals surface area contributed by atoms with Crippen molar-refractivity contribution in [3.63, 3.8) is 0 Å². The number of aliphatic hydroxyl groups is 1. The van der Waals surface area contributed by atoms with Crippen LogP contribution in [0.3, 0.4) is 0 Å². The predicted molar refractivity (Wildman–Crippen MR) is 76.7 cm³/mol. The Kier molecular flexibility index (Phi) is 5.11. The van der Waals surface area contributed by atoms with E-state index in [-0.39, 0.29) is 0 Å². The largest absolute Gasteiger partial charge is 0.479 e. The van der Waals surface area contributed by atoms with E-state index in [1.165, 1.54) is 11.1 Å². The second-order valence-corrected chi connectivity index (χ2v) is 5.84. The molecule has 0 spiro atoms. The van der Waals surface area contributed by atoms with Crippen LogP contribution >= 0.6 is 0 Å². The number of hydrogen-bond acceptors (Lipinski definition) is 2. The molecule has 0 aromatic heterocycles. The number of aryl methyl sites for hydroxylation is 1. The van der Waals surface area contributed by atoms with E-state index in [1.54, 1.807) is 0 Å². The standard InChI is InChI=1S/C14H22O3Si/c1-4-5-6-10-7-11(12(15)14(16)17)13(18)9(3)8(10)2/h7,12,15H,4-6H2,1-3,18H3,(H,16,17). The molecule has 0 heterocycles. The summed E-state index contributed by atoms with van der Waals surface area (Å²) < 4.78 is 0. The van der Waals surface area contributed by atoms with E-state index in [9.17, 15) is 9.90 Å². The molecule has 2 N–H and O–H groups in total. The Hall–Kier alpha value is -1.13. The zero-order valence-corrected chi connectivity index (χ0v) is 13.6. The number of carboxylic acid groups (broad SMARTS) is 1. The van der Waals surface area contributed by atoms with Gasteiger partial charge in [0.05, 0.1) is 0 Å². The zero-order valence-electron chi connectivity index (χ0n) is 11.6. The number of carboxylic acids is 1. The highest BCUT2D eigenvalue weighted by molar-refractivity contribution is 6.34. The van der Waals surface area contributed by atoms with Gasteiger partial charge >= 0.3 is 5.97 Å². The fraction of sp³-hybridized carbons (Fsp3) is 0.500. The first-order valence-corrected chi connectivity index (χ1v) is 7.40. The number of carbonyl (C=O) groups is 1. The van der Waals surface area contributed by atoms with Gasteiger partial charge in [0.25, 0.3) is 0 Å². The number of hydrogen-bond donors (Lipinski definition) is 2. The first-order chi connectivity index (χ1) is 8.40. The Morgan fingerprint density at radius 1 is 1.39 bits per heavy atom. The molecule has 100 valence electrons. The molecule has 0 amide bonds. The normalized spacial score (nSPS) is 12.7. The highest BCUT2D eigenvalue weighted by Crippen LogP contribution is 2.20. The first kappa shape index (κ1) is 14.9. The van der Waals surface area contributed by atoms with Crippen LogP contribution in [0.4, 0.5) is 0 Å². The maximum absolute atomic E-state index is 10.9. The molecule has 0 saturated carbocycles. The maximum atomic E-state index is 10.9. The van der Waals surface area contributed by atoms with Crippen LogP contribution in [-0.4, -0.2) is 26.4 Å². The van der Waals surface area contributed by atoms with Crippen LogP contribution < -0.4 is 5.19 Å². The molecule has 1 aromatic carbocycles. The predicted octanol–water partition coefficient (Wildman–Crippen LogP) is 0.755. The number of benzene rings is 1. The second-order valence-electron chi connectivity index (χ2n) is 4.84. The highest BCUT2D eigenvalue weighted by atomic mass is 28.1. The molecule has 0 fully saturated rings. The topological polar surface area (TPSA) is 57.5 Å². The van der Waals surface area contributed by atoms with Crippen LogP contribution in [0, 0.1) is 13.8 Å². The van der Waals surface area contributed by atoms with Gasteiger partial charge in [-0.25, -0.2) is 4.79 Å². The van der Waals surface area contributed by atoms with Crippen molar-refractivity contribution in [2.45, 2.75) is 46.1 Å². The lowest BCUT2D eigenvalue weighted by molar-refractivity contribution is -0.146. The monoisotopic (exact) mass is 266 g/mol. The summed E-state index contributed by atoms with van der Waals surface area (Å²) in [6.45, 7) is 6.24.